The Labute approximate surface area is 103 Å². The first-order valence-electron chi connectivity index (χ1n) is 6.61. The van der Waals surface area contributed by atoms with Crippen molar-refractivity contribution in [3.63, 3.8) is 0 Å². The fraction of sp³-hybridized carbons (Fsp3) is 0.571. The molecule has 3 rings (SSSR count). The lowest BCUT2D eigenvalue weighted by Gasteiger charge is -2.27. The number of rotatable bonds is 2. The highest BCUT2D eigenvalue weighted by Crippen LogP contribution is 2.33. The van der Waals surface area contributed by atoms with Crippen molar-refractivity contribution in [2.75, 3.05) is 36.0 Å². The van der Waals surface area contributed by atoms with Crippen LogP contribution in [0.25, 0.3) is 0 Å². The topological polar surface area (TPSA) is 26.7 Å². The summed E-state index contributed by atoms with van der Waals surface area (Å²) in [5.41, 5.74) is 2.64. The fourth-order valence-corrected chi connectivity index (χ4v) is 2.92. The van der Waals surface area contributed by atoms with E-state index in [9.17, 15) is 5.11 Å². The summed E-state index contributed by atoms with van der Waals surface area (Å²) in [6, 6.07) is 8.61. The minimum atomic E-state index is -0.151. The van der Waals surface area contributed by atoms with Gasteiger partial charge in [0.25, 0.3) is 0 Å². The minimum Gasteiger partial charge on any atom is -0.391 e. The highest BCUT2D eigenvalue weighted by molar-refractivity contribution is 5.72. The molecule has 92 valence electrons. The lowest BCUT2D eigenvalue weighted by Crippen LogP contribution is -2.25. The van der Waals surface area contributed by atoms with E-state index in [1.165, 1.54) is 37.3 Å². The zero-order valence-electron chi connectivity index (χ0n) is 10.2. The highest BCUT2D eigenvalue weighted by Gasteiger charge is 2.24. The molecule has 0 bridgehead atoms. The summed E-state index contributed by atoms with van der Waals surface area (Å²) in [5.74, 6) is 0. The van der Waals surface area contributed by atoms with Crippen molar-refractivity contribution in [1.29, 1.82) is 0 Å². The summed E-state index contributed by atoms with van der Waals surface area (Å²) >= 11 is 0. The van der Waals surface area contributed by atoms with Gasteiger partial charge in [-0.2, -0.15) is 0 Å². The van der Waals surface area contributed by atoms with Gasteiger partial charge in [-0.15, -0.1) is 0 Å². The molecule has 1 atom stereocenters. The fourth-order valence-electron chi connectivity index (χ4n) is 2.92. The molecule has 0 aromatic heterocycles. The first-order valence-corrected chi connectivity index (χ1v) is 6.61. The molecule has 1 aromatic rings. The molecule has 2 saturated heterocycles. The van der Waals surface area contributed by atoms with Gasteiger partial charge in [0.05, 0.1) is 17.5 Å². The van der Waals surface area contributed by atoms with Crippen LogP contribution >= 0.6 is 0 Å². The molecule has 0 saturated carbocycles. The second-order valence-electron chi connectivity index (χ2n) is 5.07. The maximum atomic E-state index is 9.66. The van der Waals surface area contributed by atoms with Gasteiger partial charge in [0.2, 0.25) is 0 Å². The molecule has 17 heavy (non-hydrogen) atoms. The Kier molecular flexibility index (Phi) is 2.93. The molecule has 0 radical (unpaired) electrons. The number of β-amino-alcohol motifs (C(OH)–C–C–N with tert-alkyl or cyclic N) is 1. The quantitative estimate of drug-likeness (QED) is 0.843. The standard InChI is InChI=1S/C14H20N2O/c17-12-7-10-16(11-12)14-6-2-1-5-13(14)15-8-3-4-9-15/h1-2,5-6,12,17H,3-4,7-11H2. The molecule has 1 aromatic carbocycles. The average molecular weight is 232 g/mol. The van der Waals surface area contributed by atoms with Gasteiger partial charge < -0.3 is 14.9 Å². The summed E-state index contributed by atoms with van der Waals surface area (Å²) in [4.78, 5) is 4.79. The lowest BCUT2D eigenvalue weighted by molar-refractivity contribution is 0.198. The minimum absolute atomic E-state index is 0.151. The van der Waals surface area contributed by atoms with E-state index in [0.717, 1.165) is 19.5 Å². The van der Waals surface area contributed by atoms with Gasteiger partial charge in [0, 0.05) is 26.2 Å². The van der Waals surface area contributed by atoms with Gasteiger partial charge in [-0.1, -0.05) is 12.1 Å². The van der Waals surface area contributed by atoms with E-state index in [2.05, 4.69) is 34.1 Å². The van der Waals surface area contributed by atoms with E-state index < -0.39 is 0 Å². The molecular weight excluding hydrogens is 212 g/mol. The predicted molar refractivity (Wildman–Crippen MR) is 70.7 cm³/mol. The van der Waals surface area contributed by atoms with Crippen LogP contribution in [0.5, 0.6) is 0 Å². The van der Waals surface area contributed by atoms with Crippen LogP contribution in [0.15, 0.2) is 24.3 Å². The number of anilines is 2. The molecule has 0 spiro atoms. The largest absolute Gasteiger partial charge is 0.391 e. The third-order valence-electron chi connectivity index (χ3n) is 3.83. The molecule has 2 aliphatic heterocycles. The molecule has 1 N–H and O–H groups in total. The first-order chi connectivity index (χ1) is 8.34. The highest BCUT2D eigenvalue weighted by atomic mass is 16.3. The Morgan fingerprint density at radius 2 is 1.59 bits per heavy atom. The number of hydrogen-bond acceptors (Lipinski definition) is 3. The summed E-state index contributed by atoms with van der Waals surface area (Å²) in [7, 11) is 0. The molecule has 1 unspecified atom stereocenters. The van der Waals surface area contributed by atoms with Crippen molar-refractivity contribution >= 4 is 11.4 Å². The van der Waals surface area contributed by atoms with Crippen LogP contribution in [-0.4, -0.2) is 37.4 Å². The molecule has 2 heterocycles. The molecule has 0 amide bonds. The Morgan fingerprint density at radius 3 is 2.18 bits per heavy atom. The van der Waals surface area contributed by atoms with Crippen molar-refractivity contribution < 1.29 is 5.11 Å². The number of hydrogen-bond donors (Lipinski definition) is 1. The number of benzene rings is 1. The van der Waals surface area contributed by atoms with Crippen LogP contribution < -0.4 is 9.80 Å². The Bertz CT molecular complexity index is 388. The van der Waals surface area contributed by atoms with Crippen molar-refractivity contribution in [1.82, 2.24) is 0 Å². The van der Waals surface area contributed by atoms with E-state index >= 15 is 0 Å². The maximum Gasteiger partial charge on any atom is 0.0731 e. The zero-order valence-corrected chi connectivity index (χ0v) is 10.2. The van der Waals surface area contributed by atoms with Crippen molar-refractivity contribution in [3.8, 4) is 0 Å². The third kappa shape index (κ3) is 2.12. The number of aliphatic hydroxyl groups excluding tert-OH is 1. The van der Waals surface area contributed by atoms with Gasteiger partial charge in [-0.05, 0) is 31.4 Å². The summed E-state index contributed by atoms with van der Waals surface area (Å²) in [6.07, 6.45) is 3.35. The van der Waals surface area contributed by atoms with Gasteiger partial charge in [-0.3, -0.25) is 0 Å². The molecule has 3 heteroatoms. The van der Waals surface area contributed by atoms with Gasteiger partial charge in [0.15, 0.2) is 0 Å². The number of nitrogens with zero attached hydrogens (tertiary/aromatic N) is 2. The van der Waals surface area contributed by atoms with Crippen LogP contribution in [0.4, 0.5) is 11.4 Å². The second kappa shape index (κ2) is 4.57. The van der Waals surface area contributed by atoms with Crippen LogP contribution in [0.3, 0.4) is 0 Å². The molecule has 2 aliphatic rings. The summed E-state index contributed by atoms with van der Waals surface area (Å²) in [5, 5.41) is 9.66. The van der Waals surface area contributed by atoms with Crippen LogP contribution in [0, 0.1) is 0 Å². The summed E-state index contributed by atoms with van der Waals surface area (Å²) < 4.78 is 0. The first kappa shape index (κ1) is 10.9. The van der Waals surface area contributed by atoms with Crippen molar-refractivity contribution in [3.05, 3.63) is 24.3 Å². The predicted octanol–water partition coefficient (Wildman–Crippen LogP) is 1.86. The van der Waals surface area contributed by atoms with Gasteiger partial charge in [0.1, 0.15) is 0 Å². The summed E-state index contributed by atoms with van der Waals surface area (Å²) in [6.45, 7) is 4.11. The number of aliphatic hydroxyl groups is 1. The molecule has 2 fully saturated rings. The second-order valence-corrected chi connectivity index (χ2v) is 5.07. The van der Waals surface area contributed by atoms with Crippen LogP contribution in [-0.2, 0) is 0 Å². The van der Waals surface area contributed by atoms with E-state index in [-0.39, 0.29) is 6.10 Å². The molecule has 3 nitrogen and oxygen atoms in total. The third-order valence-corrected chi connectivity index (χ3v) is 3.83. The van der Waals surface area contributed by atoms with Gasteiger partial charge in [-0.25, -0.2) is 0 Å². The lowest BCUT2D eigenvalue weighted by atomic mass is 10.2. The van der Waals surface area contributed by atoms with Crippen molar-refractivity contribution in [2.24, 2.45) is 0 Å². The average Bonchev–Trinajstić information content (AvgIpc) is 3.00. The Hall–Kier alpha value is -1.22. The van der Waals surface area contributed by atoms with E-state index in [4.69, 9.17) is 0 Å². The Morgan fingerprint density at radius 1 is 0.941 bits per heavy atom. The molecule has 0 aliphatic carbocycles. The van der Waals surface area contributed by atoms with E-state index in [1.807, 2.05) is 0 Å². The Balaban J connectivity index is 1.87. The van der Waals surface area contributed by atoms with Gasteiger partial charge >= 0.3 is 0 Å². The smallest absolute Gasteiger partial charge is 0.0731 e. The van der Waals surface area contributed by atoms with Crippen LogP contribution in [0.1, 0.15) is 19.3 Å². The SMILES string of the molecule is OC1CCN(c2ccccc2N2CCCC2)C1. The van der Waals surface area contributed by atoms with E-state index in [0.29, 0.717) is 0 Å². The maximum absolute atomic E-state index is 9.66. The monoisotopic (exact) mass is 232 g/mol. The van der Waals surface area contributed by atoms with Crippen LogP contribution in [0.2, 0.25) is 0 Å². The normalized spacial score (nSPS) is 24.6. The van der Waals surface area contributed by atoms with E-state index in [1.54, 1.807) is 0 Å². The van der Waals surface area contributed by atoms with Crippen molar-refractivity contribution in [2.45, 2.75) is 25.4 Å². The zero-order chi connectivity index (χ0) is 11.7. The number of para-hydroxylation sites is 2. The molecular formula is C14H20N2O.